The number of rotatable bonds is 7. The van der Waals surface area contributed by atoms with Crippen LogP contribution in [0, 0.1) is 10.1 Å². The number of halogens is 2. The van der Waals surface area contributed by atoms with E-state index < -0.39 is 10.8 Å². The third-order valence-electron chi connectivity index (χ3n) is 3.48. The minimum atomic E-state index is -0.584. The van der Waals surface area contributed by atoms with Gasteiger partial charge < -0.3 is 5.32 Å². The Morgan fingerprint density at radius 3 is 2.63 bits per heavy atom. The van der Waals surface area contributed by atoms with E-state index in [4.69, 9.17) is 23.2 Å². The van der Waals surface area contributed by atoms with Crippen LogP contribution in [0.15, 0.2) is 46.8 Å². The summed E-state index contributed by atoms with van der Waals surface area (Å²) in [6.45, 7) is 0. The van der Waals surface area contributed by atoms with Crippen molar-refractivity contribution in [3.8, 4) is 0 Å². The molecular weight excluding hydrogens is 473 g/mol. The molecule has 154 valence electrons. The molecule has 0 spiro atoms. The predicted molar refractivity (Wildman–Crippen MR) is 117 cm³/mol. The lowest BCUT2D eigenvalue weighted by Gasteiger charge is -2.05. The molecule has 0 atom stereocenters. The fourth-order valence-corrected chi connectivity index (χ4v) is 3.99. The SMILES string of the molecule is O=C(CSc1nnc(NC(=O)c2cccc([N+](=O)[O-])c2)s1)Nc1ccc(Cl)c(Cl)c1. The van der Waals surface area contributed by atoms with E-state index in [0.29, 0.717) is 20.1 Å². The zero-order valence-corrected chi connectivity index (χ0v) is 17.9. The van der Waals surface area contributed by atoms with Crippen LogP contribution in [0.3, 0.4) is 0 Å². The van der Waals surface area contributed by atoms with Gasteiger partial charge in [0.25, 0.3) is 11.6 Å². The number of carbonyl (C=O) groups excluding carboxylic acids is 2. The Morgan fingerprint density at radius 2 is 1.90 bits per heavy atom. The van der Waals surface area contributed by atoms with E-state index in [1.165, 1.54) is 24.3 Å². The van der Waals surface area contributed by atoms with Crippen molar-refractivity contribution in [2.45, 2.75) is 4.34 Å². The molecule has 0 aliphatic rings. The number of nitro benzene ring substituents is 1. The van der Waals surface area contributed by atoms with E-state index in [1.54, 1.807) is 18.2 Å². The van der Waals surface area contributed by atoms with Crippen LogP contribution in [0.25, 0.3) is 0 Å². The molecule has 0 radical (unpaired) electrons. The number of non-ortho nitro benzene ring substituents is 1. The molecule has 0 saturated carbocycles. The average Bonchev–Trinajstić information content (AvgIpc) is 3.16. The molecule has 2 aromatic carbocycles. The van der Waals surface area contributed by atoms with Gasteiger partial charge in [0.2, 0.25) is 11.0 Å². The molecule has 13 heteroatoms. The number of anilines is 2. The number of hydrogen-bond acceptors (Lipinski definition) is 8. The van der Waals surface area contributed by atoms with Crippen LogP contribution in [0.2, 0.25) is 10.0 Å². The van der Waals surface area contributed by atoms with Crippen molar-refractivity contribution in [1.82, 2.24) is 10.2 Å². The van der Waals surface area contributed by atoms with Crippen molar-refractivity contribution in [3.63, 3.8) is 0 Å². The second-order valence-electron chi connectivity index (χ2n) is 5.60. The molecular formula is C17H11Cl2N5O4S2. The number of aromatic nitrogens is 2. The maximum Gasteiger partial charge on any atom is 0.270 e. The first kappa shape index (κ1) is 22.0. The average molecular weight is 484 g/mol. The molecule has 0 aliphatic carbocycles. The molecule has 0 aliphatic heterocycles. The highest BCUT2D eigenvalue weighted by Gasteiger charge is 2.15. The van der Waals surface area contributed by atoms with E-state index >= 15 is 0 Å². The van der Waals surface area contributed by atoms with Crippen molar-refractivity contribution in [2.24, 2.45) is 0 Å². The Bertz CT molecular complexity index is 1130. The molecule has 30 heavy (non-hydrogen) atoms. The highest BCUT2D eigenvalue weighted by molar-refractivity contribution is 8.01. The maximum absolute atomic E-state index is 12.2. The molecule has 9 nitrogen and oxygen atoms in total. The maximum atomic E-state index is 12.2. The van der Waals surface area contributed by atoms with Gasteiger partial charge in [-0.05, 0) is 24.3 Å². The van der Waals surface area contributed by atoms with Crippen molar-refractivity contribution < 1.29 is 14.5 Å². The summed E-state index contributed by atoms with van der Waals surface area (Å²) in [6.07, 6.45) is 0. The number of carbonyl (C=O) groups is 2. The van der Waals surface area contributed by atoms with Gasteiger partial charge in [-0.1, -0.05) is 52.4 Å². The normalized spacial score (nSPS) is 10.5. The van der Waals surface area contributed by atoms with Crippen LogP contribution in [-0.4, -0.2) is 32.7 Å². The second-order valence-corrected chi connectivity index (χ2v) is 8.61. The summed E-state index contributed by atoms with van der Waals surface area (Å²) in [7, 11) is 0. The van der Waals surface area contributed by atoms with Gasteiger partial charge >= 0.3 is 0 Å². The summed E-state index contributed by atoms with van der Waals surface area (Å²) in [6, 6.07) is 10.1. The lowest BCUT2D eigenvalue weighted by Crippen LogP contribution is -2.13. The van der Waals surface area contributed by atoms with Crippen molar-refractivity contribution >= 4 is 74.6 Å². The fraction of sp³-hybridized carbons (Fsp3) is 0.0588. The zero-order valence-electron chi connectivity index (χ0n) is 14.8. The molecule has 0 saturated heterocycles. The van der Waals surface area contributed by atoms with Gasteiger partial charge in [0, 0.05) is 23.4 Å². The summed E-state index contributed by atoms with van der Waals surface area (Å²) in [5, 5.41) is 24.7. The first-order valence-electron chi connectivity index (χ1n) is 8.09. The number of thioether (sulfide) groups is 1. The Hall–Kier alpha value is -2.73. The Labute approximate surface area is 187 Å². The quantitative estimate of drug-likeness (QED) is 0.215. The molecule has 0 unspecified atom stereocenters. The lowest BCUT2D eigenvalue weighted by atomic mass is 10.2. The molecule has 2 amide bonds. The van der Waals surface area contributed by atoms with Gasteiger partial charge in [0.1, 0.15) is 0 Å². The highest BCUT2D eigenvalue weighted by atomic mass is 35.5. The number of amides is 2. The summed E-state index contributed by atoms with van der Waals surface area (Å²) in [4.78, 5) is 34.5. The first-order valence-corrected chi connectivity index (χ1v) is 10.6. The third kappa shape index (κ3) is 5.89. The Morgan fingerprint density at radius 1 is 1.10 bits per heavy atom. The van der Waals surface area contributed by atoms with Gasteiger partial charge in [0.15, 0.2) is 4.34 Å². The monoisotopic (exact) mass is 483 g/mol. The standard InChI is InChI=1S/C17H11Cl2N5O4S2/c18-12-5-4-10(7-13(12)19)20-14(25)8-29-17-23-22-16(30-17)21-15(26)9-2-1-3-11(6-9)24(27)28/h1-7H,8H2,(H,20,25)(H,21,22,26). The first-order chi connectivity index (χ1) is 14.3. The Kier molecular flexibility index (Phi) is 7.21. The predicted octanol–water partition coefficient (Wildman–Crippen LogP) is 4.74. The lowest BCUT2D eigenvalue weighted by molar-refractivity contribution is -0.384. The van der Waals surface area contributed by atoms with E-state index in [2.05, 4.69) is 20.8 Å². The zero-order chi connectivity index (χ0) is 21.7. The van der Waals surface area contributed by atoms with Crippen molar-refractivity contribution in [3.05, 3.63) is 68.2 Å². The molecule has 3 aromatic rings. The largest absolute Gasteiger partial charge is 0.325 e. The van der Waals surface area contributed by atoms with Gasteiger partial charge in [0.05, 0.1) is 20.7 Å². The van der Waals surface area contributed by atoms with E-state index in [1.807, 2.05) is 0 Å². The minimum Gasteiger partial charge on any atom is -0.325 e. The molecule has 1 aromatic heterocycles. The van der Waals surface area contributed by atoms with E-state index in [-0.39, 0.29) is 28.0 Å². The molecule has 0 fully saturated rings. The fourth-order valence-electron chi connectivity index (χ4n) is 2.15. The molecule has 0 bridgehead atoms. The number of hydrogen-bond donors (Lipinski definition) is 2. The summed E-state index contributed by atoms with van der Waals surface area (Å²) in [5.41, 5.74) is 0.441. The van der Waals surface area contributed by atoms with Crippen LogP contribution >= 0.6 is 46.3 Å². The summed E-state index contributed by atoms with van der Waals surface area (Å²) < 4.78 is 0.466. The van der Waals surface area contributed by atoms with Gasteiger partial charge in [-0.25, -0.2) is 0 Å². The Balaban J connectivity index is 1.54. The van der Waals surface area contributed by atoms with Gasteiger partial charge in [-0.3, -0.25) is 25.0 Å². The van der Waals surface area contributed by atoms with Crippen LogP contribution < -0.4 is 10.6 Å². The number of benzene rings is 2. The van der Waals surface area contributed by atoms with Crippen LogP contribution in [-0.2, 0) is 4.79 Å². The number of nitrogens with one attached hydrogen (secondary N) is 2. The third-order valence-corrected chi connectivity index (χ3v) is 6.19. The molecule has 1 heterocycles. The second kappa shape index (κ2) is 9.85. The highest BCUT2D eigenvalue weighted by Crippen LogP contribution is 2.27. The summed E-state index contributed by atoms with van der Waals surface area (Å²) >= 11 is 14.0. The number of nitrogens with zero attached hydrogens (tertiary/aromatic N) is 3. The summed E-state index contributed by atoms with van der Waals surface area (Å²) in [5.74, 6) is -0.771. The topological polar surface area (TPSA) is 127 Å². The van der Waals surface area contributed by atoms with Crippen molar-refractivity contribution in [1.29, 1.82) is 0 Å². The van der Waals surface area contributed by atoms with Crippen LogP contribution in [0.4, 0.5) is 16.5 Å². The van der Waals surface area contributed by atoms with Crippen LogP contribution in [0.1, 0.15) is 10.4 Å². The van der Waals surface area contributed by atoms with Crippen LogP contribution in [0.5, 0.6) is 0 Å². The van der Waals surface area contributed by atoms with E-state index in [0.717, 1.165) is 23.1 Å². The smallest absolute Gasteiger partial charge is 0.270 e. The van der Waals surface area contributed by atoms with E-state index in [9.17, 15) is 19.7 Å². The molecule has 2 N–H and O–H groups in total. The van der Waals surface area contributed by atoms with Gasteiger partial charge in [-0.15, -0.1) is 10.2 Å². The molecule has 3 rings (SSSR count). The van der Waals surface area contributed by atoms with Crippen molar-refractivity contribution in [2.75, 3.05) is 16.4 Å². The number of nitro groups is 1. The minimum absolute atomic E-state index is 0.0632. The van der Waals surface area contributed by atoms with Gasteiger partial charge in [-0.2, -0.15) is 0 Å².